The number of nitrogens with one attached hydrogen (secondary N) is 2. The summed E-state index contributed by atoms with van der Waals surface area (Å²) in [4.78, 5) is 4.02. The highest BCUT2D eigenvalue weighted by Crippen LogP contribution is 2.08. The zero-order chi connectivity index (χ0) is 18.7. The first-order valence-electron chi connectivity index (χ1n) is 7.95. The average molecular weight is 376 g/mol. The van der Waals surface area contributed by atoms with E-state index in [1.165, 1.54) is 6.20 Å². The molecule has 0 saturated carbocycles. The zero-order valence-electron chi connectivity index (χ0n) is 14.7. The minimum absolute atomic E-state index is 0.0103. The van der Waals surface area contributed by atoms with E-state index >= 15 is 0 Å². The van der Waals surface area contributed by atoms with Crippen LogP contribution in [0.2, 0.25) is 0 Å². The Labute approximate surface area is 151 Å². The van der Waals surface area contributed by atoms with Crippen molar-refractivity contribution < 1.29 is 8.42 Å². The third-order valence-corrected chi connectivity index (χ3v) is 5.02. The molecule has 0 aliphatic carbocycles. The van der Waals surface area contributed by atoms with Crippen molar-refractivity contribution in [1.82, 2.24) is 34.3 Å². The number of rotatable bonds is 7. The van der Waals surface area contributed by atoms with Crippen LogP contribution in [0.3, 0.4) is 0 Å². The van der Waals surface area contributed by atoms with Crippen molar-refractivity contribution in [2.75, 3.05) is 18.4 Å². The molecule has 3 rings (SSSR count). The molecule has 0 aromatic carbocycles. The third kappa shape index (κ3) is 4.06. The monoisotopic (exact) mass is 376 g/mol. The van der Waals surface area contributed by atoms with Crippen LogP contribution in [0, 0.1) is 13.8 Å². The first-order valence-corrected chi connectivity index (χ1v) is 9.43. The van der Waals surface area contributed by atoms with Gasteiger partial charge in [-0.3, -0.25) is 0 Å². The molecule has 0 aliphatic rings. The van der Waals surface area contributed by atoms with Gasteiger partial charge in [0.15, 0.2) is 10.8 Å². The molecule has 3 aromatic heterocycles. The molecule has 26 heavy (non-hydrogen) atoms. The number of nitrogens with zero attached hydrogens (tertiary/aromatic N) is 6. The number of sulfonamides is 1. The molecule has 3 aromatic rings. The SMILES string of the molecule is Cc1ccn(-c2ccc(NCCNS(=O)(=O)c3cn(C)c(C)n3)nn2)n1. The van der Waals surface area contributed by atoms with E-state index in [4.69, 9.17) is 0 Å². The Morgan fingerprint density at radius 2 is 1.92 bits per heavy atom. The third-order valence-electron chi connectivity index (χ3n) is 3.69. The second-order valence-electron chi connectivity index (χ2n) is 5.74. The summed E-state index contributed by atoms with van der Waals surface area (Å²) in [5, 5.41) is 15.4. The minimum atomic E-state index is -3.63. The molecule has 0 radical (unpaired) electrons. The van der Waals surface area contributed by atoms with Crippen LogP contribution in [-0.4, -0.2) is 51.0 Å². The zero-order valence-corrected chi connectivity index (χ0v) is 15.5. The standard InChI is InChI=1S/C15H20N8O2S/c1-11-6-9-23(21-11)14-5-4-13(19-20-14)16-7-8-17-26(24,25)15-10-22(3)12(2)18-15/h4-6,9-10,17H,7-8H2,1-3H3,(H,16,19). The van der Waals surface area contributed by atoms with Crippen molar-refractivity contribution in [2.45, 2.75) is 18.9 Å². The molecule has 0 unspecified atom stereocenters. The summed E-state index contributed by atoms with van der Waals surface area (Å²) in [5.74, 6) is 1.78. The molecule has 10 nitrogen and oxygen atoms in total. The number of hydrogen-bond donors (Lipinski definition) is 2. The Hall–Kier alpha value is -2.79. The molecule has 0 aliphatic heterocycles. The van der Waals surface area contributed by atoms with Crippen LogP contribution in [-0.2, 0) is 17.1 Å². The molecule has 11 heteroatoms. The molecule has 138 valence electrons. The lowest BCUT2D eigenvalue weighted by Gasteiger charge is -2.07. The fourth-order valence-corrected chi connectivity index (χ4v) is 3.26. The van der Waals surface area contributed by atoms with Crippen molar-refractivity contribution in [3.05, 3.63) is 42.1 Å². The summed E-state index contributed by atoms with van der Waals surface area (Å²) in [6, 6.07) is 5.42. The fraction of sp³-hybridized carbons (Fsp3) is 0.333. The maximum Gasteiger partial charge on any atom is 0.259 e. The lowest BCUT2D eigenvalue weighted by molar-refractivity contribution is 0.579. The van der Waals surface area contributed by atoms with Gasteiger partial charge in [0.1, 0.15) is 11.6 Å². The molecule has 0 saturated heterocycles. The lowest BCUT2D eigenvalue weighted by atomic mass is 10.5. The highest BCUT2D eigenvalue weighted by Gasteiger charge is 2.17. The number of imidazole rings is 1. The fourth-order valence-electron chi connectivity index (χ4n) is 2.19. The molecule has 0 bridgehead atoms. The number of aromatic nitrogens is 6. The molecule has 0 amide bonds. The van der Waals surface area contributed by atoms with Crippen LogP contribution in [0.5, 0.6) is 0 Å². The van der Waals surface area contributed by atoms with Crippen molar-refractivity contribution in [3.8, 4) is 5.82 Å². The first-order chi connectivity index (χ1) is 12.3. The van der Waals surface area contributed by atoms with Gasteiger partial charge < -0.3 is 9.88 Å². The molecular weight excluding hydrogens is 356 g/mol. The topological polar surface area (TPSA) is 120 Å². The van der Waals surface area contributed by atoms with Gasteiger partial charge in [0.2, 0.25) is 0 Å². The van der Waals surface area contributed by atoms with E-state index in [2.05, 4.69) is 30.3 Å². The van der Waals surface area contributed by atoms with E-state index < -0.39 is 10.0 Å². The molecule has 2 N–H and O–H groups in total. The van der Waals surface area contributed by atoms with E-state index in [0.717, 1.165) is 5.69 Å². The molecule has 0 spiro atoms. The van der Waals surface area contributed by atoms with E-state index in [-0.39, 0.29) is 11.6 Å². The summed E-state index contributed by atoms with van der Waals surface area (Å²) in [6.07, 6.45) is 3.28. The smallest absolute Gasteiger partial charge is 0.259 e. The Morgan fingerprint density at radius 1 is 1.12 bits per heavy atom. The summed E-state index contributed by atoms with van der Waals surface area (Å²) in [6.45, 7) is 4.19. The maximum absolute atomic E-state index is 12.2. The van der Waals surface area contributed by atoms with Crippen LogP contribution in [0.25, 0.3) is 5.82 Å². The van der Waals surface area contributed by atoms with Crippen LogP contribution in [0.15, 0.2) is 35.6 Å². The molecule has 3 heterocycles. The molecular formula is C15H20N8O2S. The highest BCUT2D eigenvalue weighted by molar-refractivity contribution is 7.89. The van der Waals surface area contributed by atoms with Crippen LogP contribution in [0.1, 0.15) is 11.5 Å². The van der Waals surface area contributed by atoms with Crippen molar-refractivity contribution in [1.29, 1.82) is 0 Å². The second-order valence-corrected chi connectivity index (χ2v) is 7.45. The van der Waals surface area contributed by atoms with Gasteiger partial charge >= 0.3 is 0 Å². The van der Waals surface area contributed by atoms with E-state index in [1.54, 1.807) is 41.5 Å². The number of hydrogen-bond acceptors (Lipinski definition) is 7. The lowest BCUT2D eigenvalue weighted by Crippen LogP contribution is -2.29. The predicted molar refractivity (Wildman–Crippen MR) is 95.5 cm³/mol. The summed E-state index contributed by atoms with van der Waals surface area (Å²) >= 11 is 0. The van der Waals surface area contributed by atoms with Crippen molar-refractivity contribution in [2.24, 2.45) is 7.05 Å². The Morgan fingerprint density at radius 3 is 2.50 bits per heavy atom. The normalized spacial score (nSPS) is 11.7. The Balaban J connectivity index is 1.52. The van der Waals surface area contributed by atoms with Gasteiger partial charge in [0.05, 0.1) is 5.69 Å². The number of aryl methyl sites for hydroxylation is 3. The van der Waals surface area contributed by atoms with Gasteiger partial charge in [-0.05, 0) is 32.0 Å². The van der Waals surface area contributed by atoms with Gasteiger partial charge in [-0.2, -0.15) is 5.10 Å². The molecule has 0 fully saturated rings. The van der Waals surface area contributed by atoms with E-state index in [0.29, 0.717) is 24.0 Å². The van der Waals surface area contributed by atoms with Gasteiger partial charge in [0.25, 0.3) is 10.0 Å². The van der Waals surface area contributed by atoms with Gasteiger partial charge in [-0.1, -0.05) is 0 Å². The first kappa shape index (κ1) is 18.0. The van der Waals surface area contributed by atoms with Gasteiger partial charge in [-0.25, -0.2) is 22.8 Å². The van der Waals surface area contributed by atoms with Crippen molar-refractivity contribution >= 4 is 15.8 Å². The van der Waals surface area contributed by atoms with Crippen LogP contribution < -0.4 is 10.0 Å². The van der Waals surface area contributed by atoms with E-state index in [1.807, 2.05) is 13.0 Å². The number of anilines is 1. The quantitative estimate of drug-likeness (QED) is 0.573. The van der Waals surface area contributed by atoms with Crippen molar-refractivity contribution in [3.63, 3.8) is 0 Å². The summed E-state index contributed by atoms with van der Waals surface area (Å²) in [5.41, 5.74) is 0.893. The summed E-state index contributed by atoms with van der Waals surface area (Å²) < 4.78 is 30.1. The second kappa shape index (κ2) is 7.22. The van der Waals surface area contributed by atoms with Gasteiger partial charge in [0, 0.05) is 32.5 Å². The predicted octanol–water partition coefficient (Wildman–Crippen LogP) is 0.403. The average Bonchev–Trinajstić information content (AvgIpc) is 3.19. The Bertz CT molecular complexity index is 972. The highest BCUT2D eigenvalue weighted by atomic mass is 32.2. The minimum Gasteiger partial charge on any atom is -0.367 e. The largest absolute Gasteiger partial charge is 0.367 e. The van der Waals surface area contributed by atoms with Crippen LogP contribution >= 0.6 is 0 Å². The summed E-state index contributed by atoms with van der Waals surface area (Å²) in [7, 11) is -1.88. The molecule has 0 atom stereocenters. The van der Waals surface area contributed by atoms with E-state index in [9.17, 15) is 8.42 Å². The van der Waals surface area contributed by atoms with Crippen LogP contribution in [0.4, 0.5) is 5.82 Å². The maximum atomic E-state index is 12.2. The Kier molecular flexibility index (Phi) is 5.00. The van der Waals surface area contributed by atoms with Gasteiger partial charge in [-0.15, -0.1) is 10.2 Å².